The first-order valence-electron chi connectivity index (χ1n) is 7.07. The highest BCUT2D eigenvalue weighted by atomic mass is 79.9. The highest BCUT2D eigenvalue weighted by Crippen LogP contribution is 2.37. The standard InChI is InChI=1S/C16H23BrO/c1-3-4-5-13-6-8-14(9-7-13)15(17)16-12(2)10-11-18-16/h6-9,12,15-16H,3-5,10-11H2,1-2H3. The first kappa shape index (κ1) is 14.1. The zero-order valence-electron chi connectivity index (χ0n) is 11.4. The third-order valence-corrected chi connectivity index (χ3v) is 4.90. The van der Waals surface area contributed by atoms with Gasteiger partial charge in [-0.3, -0.25) is 0 Å². The van der Waals surface area contributed by atoms with Crippen molar-refractivity contribution < 1.29 is 4.74 Å². The molecule has 1 nitrogen and oxygen atoms in total. The van der Waals surface area contributed by atoms with Crippen LogP contribution in [0.1, 0.15) is 49.1 Å². The topological polar surface area (TPSA) is 9.23 Å². The largest absolute Gasteiger partial charge is 0.376 e. The lowest BCUT2D eigenvalue weighted by molar-refractivity contribution is 0.0935. The summed E-state index contributed by atoms with van der Waals surface area (Å²) < 4.78 is 5.83. The Labute approximate surface area is 119 Å². The number of hydrogen-bond acceptors (Lipinski definition) is 1. The summed E-state index contributed by atoms with van der Waals surface area (Å²) >= 11 is 3.81. The van der Waals surface area contributed by atoms with Gasteiger partial charge in [-0.05, 0) is 36.3 Å². The quantitative estimate of drug-likeness (QED) is 0.704. The van der Waals surface area contributed by atoms with Crippen LogP contribution in [0.15, 0.2) is 24.3 Å². The molecule has 3 unspecified atom stereocenters. The first-order valence-corrected chi connectivity index (χ1v) is 7.98. The van der Waals surface area contributed by atoms with Gasteiger partial charge in [-0.25, -0.2) is 0 Å². The summed E-state index contributed by atoms with van der Waals surface area (Å²) in [4.78, 5) is 0.329. The lowest BCUT2D eigenvalue weighted by atomic mass is 9.96. The Hall–Kier alpha value is -0.340. The monoisotopic (exact) mass is 310 g/mol. The Morgan fingerprint density at radius 2 is 2.06 bits per heavy atom. The van der Waals surface area contributed by atoms with Crippen LogP contribution in [0.4, 0.5) is 0 Å². The van der Waals surface area contributed by atoms with Crippen molar-refractivity contribution in [3.8, 4) is 0 Å². The van der Waals surface area contributed by atoms with Gasteiger partial charge in [0.15, 0.2) is 0 Å². The van der Waals surface area contributed by atoms with Crippen LogP contribution in [0.2, 0.25) is 0 Å². The molecule has 0 radical (unpaired) electrons. The summed E-state index contributed by atoms with van der Waals surface area (Å²) in [6, 6.07) is 9.02. The average molecular weight is 311 g/mol. The third kappa shape index (κ3) is 3.36. The van der Waals surface area contributed by atoms with Crippen LogP contribution in [0.25, 0.3) is 0 Å². The maximum atomic E-state index is 5.83. The van der Waals surface area contributed by atoms with E-state index in [0.717, 1.165) is 6.61 Å². The number of aryl methyl sites for hydroxylation is 1. The van der Waals surface area contributed by atoms with Gasteiger partial charge >= 0.3 is 0 Å². The molecule has 2 rings (SSSR count). The molecule has 1 heterocycles. The van der Waals surface area contributed by atoms with Crippen molar-refractivity contribution in [3.05, 3.63) is 35.4 Å². The van der Waals surface area contributed by atoms with Gasteiger partial charge < -0.3 is 4.74 Å². The highest BCUT2D eigenvalue weighted by molar-refractivity contribution is 9.09. The zero-order valence-corrected chi connectivity index (χ0v) is 12.9. The van der Waals surface area contributed by atoms with Crippen LogP contribution in [-0.2, 0) is 11.2 Å². The van der Waals surface area contributed by atoms with Crippen molar-refractivity contribution in [2.45, 2.75) is 50.5 Å². The van der Waals surface area contributed by atoms with Crippen molar-refractivity contribution in [2.75, 3.05) is 6.61 Å². The fourth-order valence-electron chi connectivity index (χ4n) is 2.53. The molecule has 0 saturated carbocycles. The molecule has 0 spiro atoms. The van der Waals surface area contributed by atoms with E-state index in [9.17, 15) is 0 Å². The highest BCUT2D eigenvalue weighted by Gasteiger charge is 2.31. The van der Waals surface area contributed by atoms with Crippen LogP contribution >= 0.6 is 15.9 Å². The average Bonchev–Trinajstić information content (AvgIpc) is 2.82. The molecule has 0 amide bonds. The van der Waals surface area contributed by atoms with Crippen LogP contribution in [0, 0.1) is 5.92 Å². The van der Waals surface area contributed by atoms with Crippen LogP contribution in [0.3, 0.4) is 0 Å². The maximum absolute atomic E-state index is 5.83. The number of ether oxygens (including phenoxy) is 1. The Morgan fingerprint density at radius 1 is 1.33 bits per heavy atom. The first-order chi connectivity index (χ1) is 8.72. The molecule has 18 heavy (non-hydrogen) atoms. The van der Waals surface area contributed by atoms with Crippen molar-refractivity contribution in [1.29, 1.82) is 0 Å². The molecule has 100 valence electrons. The molecule has 0 bridgehead atoms. The molecule has 1 fully saturated rings. The summed E-state index contributed by atoms with van der Waals surface area (Å²) in [6.45, 7) is 5.42. The van der Waals surface area contributed by atoms with E-state index < -0.39 is 0 Å². The van der Waals surface area contributed by atoms with Gasteiger partial charge in [0.1, 0.15) is 0 Å². The Bertz CT molecular complexity index is 360. The van der Waals surface area contributed by atoms with Crippen molar-refractivity contribution in [1.82, 2.24) is 0 Å². The SMILES string of the molecule is CCCCc1ccc(C(Br)C2OCCC2C)cc1. The second-order valence-corrected chi connectivity index (χ2v) is 6.33. The molecule has 1 aromatic carbocycles. The zero-order chi connectivity index (χ0) is 13.0. The smallest absolute Gasteiger partial charge is 0.0767 e. The van der Waals surface area contributed by atoms with Crippen molar-refractivity contribution >= 4 is 15.9 Å². The fraction of sp³-hybridized carbons (Fsp3) is 0.625. The summed E-state index contributed by atoms with van der Waals surface area (Å²) in [7, 11) is 0. The number of halogens is 1. The van der Waals surface area contributed by atoms with Crippen LogP contribution in [0.5, 0.6) is 0 Å². The van der Waals surface area contributed by atoms with Gasteiger partial charge in [0.25, 0.3) is 0 Å². The van der Waals surface area contributed by atoms with Crippen molar-refractivity contribution in [3.63, 3.8) is 0 Å². The molecule has 0 aromatic heterocycles. The third-order valence-electron chi connectivity index (χ3n) is 3.85. The second kappa shape index (κ2) is 6.72. The lowest BCUT2D eigenvalue weighted by Crippen LogP contribution is -2.19. The minimum absolute atomic E-state index is 0.325. The Morgan fingerprint density at radius 3 is 2.61 bits per heavy atom. The summed E-state index contributed by atoms with van der Waals surface area (Å²) in [5, 5.41) is 0. The van der Waals surface area contributed by atoms with E-state index in [1.807, 2.05) is 0 Å². The molecule has 1 aliphatic rings. The summed E-state index contributed by atoms with van der Waals surface area (Å²) in [5.41, 5.74) is 2.79. The van der Waals surface area contributed by atoms with Crippen LogP contribution < -0.4 is 0 Å². The Balaban J connectivity index is 2.00. The second-order valence-electron chi connectivity index (χ2n) is 5.35. The molecule has 2 heteroatoms. The van der Waals surface area contributed by atoms with Gasteiger partial charge in [0.05, 0.1) is 10.9 Å². The molecule has 1 aliphatic heterocycles. The normalized spacial score (nSPS) is 25.3. The van der Waals surface area contributed by atoms with E-state index in [1.54, 1.807) is 0 Å². The maximum Gasteiger partial charge on any atom is 0.0767 e. The summed E-state index contributed by atoms with van der Waals surface area (Å²) in [5.74, 6) is 0.647. The van der Waals surface area contributed by atoms with Crippen LogP contribution in [-0.4, -0.2) is 12.7 Å². The van der Waals surface area contributed by atoms with Gasteiger partial charge in [-0.15, -0.1) is 0 Å². The van der Waals surface area contributed by atoms with Gasteiger partial charge in [0, 0.05) is 6.61 Å². The van der Waals surface area contributed by atoms with E-state index in [1.165, 1.54) is 36.8 Å². The predicted molar refractivity (Wildman–Crippen MR) is 80.2 cm³/mol. The molecule has 1 aromatic rings. The minimum atomic E-state index is 0.325. The molecular formula is C16H23BrO. The lowest BCUT2D eigenvalue weighted by Gasteiger charge is -2.21. The molecular weight excluding hydrogens is 288 g/mol. The molecule has 0 aliphatic carbocycles. The van der Waals surface area contributed by atoms with E-state index in [-0.39, 0.29) is 0 Å². The summed E-state index contributed by atoms with van der Waals surface area (Å²) in [6.07, 6.45) is 5.24. The van der Waals surface area contributed by atoms with Gasteiger partial charge in [-0.1, -0.05) is 60.5 Å². The molecule has 0 N–H and O–H groups in total. The van der Waals surface area contributed by atoms with E-state index in [0.29, 0.717) is 16.8 Å². The minimum Gasteiger partial charge on any atom is -0.376 e. The number of unbranched alkanes of at least 4 members (excludes halogenated alkanes) is 1. The molecule has 1 saturated heterocycles. The van der Waals surface area contributed by atoms with E-state index in [4.69, 9.17) is 4.74 Å². The van der Waals surface area contributed by atoms with Gasteiger partial charge in [0.2, 0.25) is 0 Å². The van der Waals surface area contributed by atoms with E-state index >= 15 is 0 Å². The van der Waals surface area contributed by atoms with Crippen molar-refractivity contribution in [2.24, 2.45) is 5.92 Å². The molecule has 3 atom stereocenters. The predicted octanol–water partition coefficient (Wildman–Crippen LogP) is 4.89. The van der Waals surface area contributed by atoms with E-state index in [2.05, 4.69) is 54.0 Å². The van der Waals surface area contributed by atoms with Gasteiger partial charge in [-0.2, -0.15) is 0 Å². The Kier molecular flexibility index (Phi) is 5.25. The number of benzene rings is 1. The number of rotatable bonds is 5. The number of alkyl halides is 1. The number of hydrogen-bond donors (Lipinski definition) is 0. The fourth-order valence-corrected chi connectivity index (χ4v) is 3.51.